The van der Waals surface area contributed by atoms with Crippen LogP contribution in [0, 0.1) is 13.8 Å². The van der Waals surface area contributed by atoms with Crippen LogP contribution in [0.15, 0.2) is 63.8 Å². The van der Waals surface area contributed by atoms with Crippen molar-refractivity contribution in [1.29, 1.82) is 0 Å². The van der Waals surface area contributed by atoms with E-state index in [9.17, 15) is 14.7 Å². The van der Waals surface area contributed by atoms with E-state index in [1.807, 2.05) is 31.2 Å². The van der Waals surface area contributed by atoms with E-state index in [2.05, 4.69) is 24.3 Å². The van der Waals surface area contributed by atoms with Gasteiger partial charge >= 0.3 is 5.63 Å². The molecule has 5 heteroatoms. The summed E-state index contributed by atoms with van der Waals surface area (Å²) in [5.74, 6) is -0.701. The van der Waals surface area contributed by atoms with Gasteiger partial charge in [-0.05, 0) is 53.9 Å². The van der Waals surface area contributed by atoms with Crippen LogP contribution in [-0.4, -0.2) is 5.97 Å². The standard InChI is InChI=1S/C24H20O5/c1-14-19-9-10-21(15(2)23(19)29-24(27)20(14)12-22(25)26)28-13-16-7-8-17-5-3-4-6-18(17)11-16/h3-11H,12-13H2,1-2H3,(H,25,26)/p-1. The molecule has 0 saturated carbocycles. The number of carboxylic acids is 1. The van der Waals surface area contributed by atoms with Gasteiger partial charge in [0.1, 0.15) is 17.9 Å². The maximum Gasteiger partial charge on any atom is 0.340 e. The fraction of sp³-hybridized carbons (Fsp3) is 0.167. The van der Waals surface area contributed by atoms with Crippen LogP contribution in [0.2, 0.25) is 0 Å². The minimum Gasteiger partial charge on any atom is -0.550 e. The van der Waals surface area contributed by atoms with Crippen molar-refractivity contribution in [3.05, 3.63) is 87.3 Å². The second-order valence-electron chi connectivity index (χ2n) is 7.08. The number of carboxylic acid groups (broad SMARTS) is 1. The number of fused-ring (bicyclic) bond motifs is 2. The second kappa shape index (κ2) is 7.43. The number of rotatable bonds is 5. The molecule has 0 unspecified atom stereocenters. The van der Waals surface area contributed by atoms with E-state index in [0.29, 0.717) is 34.5 Å². The molecule has 29 heavy (non-hydrogen) atoms. The van der Waals surface area contributed by atoms with Crippen molar-refractivity contribution >= 4 is 27.7 Å². The largest absolute Gasteiger partial charge is 0.550 e. The van der Waals surface area contributed by atoms with Crippen LogP contribution in [-0.2, 0) is 17.8 Å². The smallest absolute Gasteiger partial charge is 0.340 e. The third kappa shape index (κ3) is 3.59. The molecule has 1 aromatic heterocycles. The molecular formula is C24H19O5-. The molecule has 0 aliphatic heterocycles. The molecule has 4 rings (SSSR count). The van der Waals surface area contributed by atoms with Gasteiger partial charge in [-0.2, -0.15) is 0 Å². The number of benzene rings is 3. The Morgan fingerprint density at radius 3 is 2.52 bits per heavy atom. The molecular weight excluding hydrogens is 368 g/mol. The third-order valence-corrected chi connectivity index (χ3v) is 5.18. The molecule has 0 radical (unpaired) electrons. The normalized spacial score (nSPS) is 11.1. The van der Waals surface area contributed by atoms with Gasteiger partial charge in [0.25, 0.3) is 0 Å². The van der Waals surface area contributed by atoms with Crippen molar-refractivity contribution in [2.75, 3.05) is 0 Å². The molecule has 0 saturated heterocycles. The topological polar surface area (TPSA) is 79.6 Å². The lowest BCUT2D eigenvalue weighted by Gasteiger charge is -2.14. The monoisotopic (exact) mass is 387 g/mol. The second-order valence-corrected chi connectivity index (χ2v) is 7.08. The molecule has 0 fully saturated rings. The highest BCUT2D eigenvalue weighted by atomic mass is 16.5. The molecule has 0 bridgehead atoms. The molecule has 0 aliphatic carbocycles. The van der Waals surface area contributed by atoms with Crippen LogP contribution >= 0.6 is 0 Å². The van der Waals surface area contributed by atoms with Gasteiger partial charge in [-0.15, -0.1) is 0 Å². The lowest BCUT2D eigenvalue weighted by Crippen LogP contribution is -2.27. The summed E-state index contributed by atoms with van der Waals surface area (Å²) in [6.45, 7) is 3.91. The van der Waals surface area contributed by atoms with Gasteiger partial charge in [0.05, 0.1) is 0 Å². The molecule has 3 aromatic carbocycles. The number of carbonyl (C=O) groups is 1. The first-order valence-electron chi connectivity index (χ1n) is 9.30. The van der Waals surface area contributed by atoms with E-state index in [1.54, 1.807) is 13.0 Å². The molecule has 0 amide bonds. The highest BCUT2D eigenvalue weighted by molar-refractivity contribution is 5.86. The Morgan fingerprint density at radius 1 is 1.00 bits per heavy atom. The average molecular weight is 387 g/mol. The Hall–Kier alpha value is -3.60. The van der Waals surface area contributed by atoms with Crippen LogP contribution in [0.25, 0.3) is 21.7 Å². The SMILES string of the molecule is Cc1c(CC(=O)[O-])c(=O)oc2c(C)c(OCc3ccc4ccccc4c3)ccc12. The van der Waals surface area contributed by atoms with Gasteiger partial charge in [-0.25, -0.2) is 4.79 Å². The first-order chi connectivity index (χ1) is 13.9. The van der Waals surface area contributed by atoms with Gasteiger partial charge < -0.3 is 19.1 Å². The summed E-state index contributed by atoms with van der Waals surface area (Å²) in [6.07, 6.45) is -0.469. The molecule has 0 spiro atoms. The predicted octanol–water partition coefficient (Wildman–Crippen LogP) is 3.43. The lowest BCUT2D eigenvalue weighted by atomic mass is 10.0. The Bertz CT molecular complexity index is 1300. The van der Waals surface area contributed by atoms with Gasteiger partial charge in [0.2, 0.25) is 0 Å². The zero-order chi connectivity index (χ0) is 20.5. The van der Waals surface area contributed by atoms with Gasteiger partial charge in [0.15, 0.2) is 0 Å². The summed E-state index contributed by atoms with van der Waals surface area (Å²) < 4.78 is 11.4. The maximum absolute atomic E-state index is 12.3. The number of hydrogen-bond acceptors (Lipinski definition) is 5. The highest BCUT2D eigenvalue weighted by Crippen LogP contribution is 2.30. The predicted molar refractivity (Wildman–Crippen MR) is 109 cm³/mol. The quantitative estimate of drug-likeness (QED) is 0.490. The minimum absolute atomic E-state index is 0.113. The number of carbonyl (C=O) groups excluding carboxylic acids is 1. The van der Waals surface area contributed by atoms with E-state index in [1.165, 1.54) is 5.39 Å². The summed E-state index contributed by atoms with van der Waals surface area (Å²) in [4.78, 5) is 23.2. The number of aliphatic carboxylic acids is 1. The summed E-state index contributed by atoms with van der Waals surface area (Å²) in [5.41, 5.74) is 2.18. The third-order valence-electron chi connectivity index (χ3n) is 5.18. The fourth-order valence-corrected chi connectivity index (χ4v) is 3.57. The molecule has 0 atom stereocenters. The summed E-state index contributed by atoms with van der Waals surface area (Å²) in [5, 5.41) is 13.9. The molecule has 5 nitrogen and oxygen atoms in total. The zero-order valence-corrected chi connectivity index (χ0v) is 16.2. The summed E-state index contributed by atoms with van der Waals surface area (Å²) in [6, 6.07) is 17.9. The Labute approximate surface area is 167 Å². The fourth-order valence-electron chi connectivity index (χ4n) is 3.57. The van der Waals surface area contributed by atoms with E-state index < -0.39 is 18.0 Å². The van der Waals surface area contributed by atoms with E-state index in [-0.39, 0.29) is 5.56 Å². The summed E-state index contributed by atoms with van der Waals surface area (Å²) in [7, 11) is 0. The number of aryl methyl sites for hydroxylation is 2. The van der Waals surface area contributed by atoms with Crippen LogP contribution in [0.3, 0.4) is 0 Å². The minimum atomic E-state index is -1.31. The zero-order valence-electron chi connectivity index (χ0n) is 16.2. The summed E-state index contributed by atoms with van der Waals surface area (Å²) >= 11 is 0. The van der Waals surface area contributed by atoms with E-state index in [4.69, 9.17) is 9.15 Å². The van der Waals surface area contributed by atoms with Crippen LogP contribution in [0.5, 0.6) is 5.75 Å². The van der Waals surface area contributed by atoms with Crippen molar-refractivity contribution in [3.8, 4) is 5.75 Å². The first kappa shape index (κ1) is 18.7. The lowest BCUT2D eigenvalue weighted by molar-refractivity contribution is -0.304. The molecule has 0 aliphatic rings. The molecule has 146 valence electrons. The van der Waals surface area contributed by atoms with Crippen molar-refractivity contribution < 1.29 is 19.1 Å². The number of ether oxygens (including phenoxy) is 1. The van der Waals surface area contributed by atoms with Gasteiger partial charge in [-0.1, -0.05) is 36.4 Å². The number of hydrogen-bond donors (Lipinski definition) is 0. The molecule has 4 aromatic rings. The van der Waals surface area contributed by atoms with Crippen LogP contribution in [0.1, 0.15) is 22.3 Å². The maximum atomic E-state index is 12.3. The Kier molecular flexibility index (Phi) is 4.80. The van der Waals surface area contributed by atoms with E-state index in [0.717, 1.165) is 10.9 Å². The van der Waals surface area contributed by atoms with Gasteiger partial charge in [0, 0.05) is 28.9 Å². The van der Waals surface area contributed by atoms with Gasteiger partial charge in [-0.3, -0.25) is 0 Å². The van der Waals surface area contributed by atoms with Crippen molar-refractivity contribution in [1.82, 2.24) is 0 Å². The van der Waals surface area contributed by atoms with Crippen molar-refractivity contribution in [2.45, 2.75) is 26.9 Å². The first-order valence-corrected chi connectivity index (χ1v) is 9.30. The highest BCUT2D eigenvalue weighted by Gasteiger charge is 2.15. The average Bonchev–Trinajstić information content (AvgIpc) is 2.71. The molecule has 1 heterocycles. The molecule has 0 N–H and O–H groups in total. The van der Waals surface area contributed by atoms with Crippen molar-refractivity contribution in [3.63, 3.8) is 0 Å². The van der Waals surface area contributed by atoms with Crippen LogP contribution < -0.4 is 15.5 Å². The Balaban J connectivity index is 1.66. The van der Waals surface area contributed by atoms with E-state index >= 15 is 0 Å². The van der Waals surface area contributed by atoms with Crippen LogP contribution in [0.4, 0.5) is 0 Å². The van der Waals surface area contributed by atoms with Crippen molar-refractivity contribution in [2.24, 2.45) is 0 Å². The Morgan fingerprint density at radius 2 is 1.76 bits per heavy atom.